The molecule has 0 bridgehead atoms. The molecule has 0 unspecified atom stereocenters. The van der Waals surface area contributed by atoms with Crippen LogP contribution in [0.2, 0.25) is 0 Å². The third-order valence-corrected chi connectivity index (χ3v) is 3.18. The van der Waals surface area contributed by atoms with Crippen LogP contribution in [0.15, 0.2) is 42.7 Å². The lowest BCUT2D eigenvalue weighted by Gasteiger charge is -2.17. The Bertz CT molecular complexity index is 737. The lowest BCUT2D eigenvalue weighted by atomic mass is 10.0. The summed E-state index contributed by atoms with van der Waals surface area (Å²) in [6.45, 7) is 3.96. The minimum Gasteiger partial charge on any atom is -0.360 e. The fourth-order valence-electron chi connectivity index (χ4n) is 2.33. The van der Waals surface area contributed by atoms with E-state index >= 15 is 0 Å². The Morgan fingerprint density at radius 1 is 1.20 bits per heavy atom. The van der Waals surface area contributed by atoms with Crippen molar-refractivity contribution in [1.29, 1.82) is 0 Å². The van der Waals surface area contributed by atoms with E-state index in [2.05, 4.69) is 27.1 Å². The van der Waals surface area contributed by atoms with Crippen LogP contribution in [-0.4, -0.2) is 20.5 Å². The third-order valence-electron chi connectivity index (χ3n) is 3.18. The van der Waals surface area contributed by atoms with Gasteiger partial charge in [0.2, 0.25) is 0 Å². The van der Waals surface area contributed by atoms with E-state index in [-0.39, 0.29) is 5.54 Å². The van der Waals surface area contributed by atoms with Crippen LogP contribution in [0.1, 0.15) is 19.7 Å². The highest BCUT2D eigenvalue weighted by molar-refractivity contribution is 5.94. The average Bonchev–Trinajstić information content (AvgIpc) is 2.81. The second-order valence-corrected chi connectivity index (χ2v) is 5.77. The van der Waals surface area contributed by atoms with E-state index in [0.29, 0.717) is 6.42 Å². The van der Waals surface area contributed by atoms with E-state index < -0.39 is 0 Å². The monoisotopic (exact) mass is 266 g/mol. The average molecular weight is 266 g/mol. The molecule has 3 aromatic rings. The predicted octanol–water partition coefficient (Wildman–Crippen LogP) is 2.90. The van der Waals surface area contributed by atoms with Crippen molar-refractivity contribution in [3.05, 3.63) is 48.5 Å². The summed E-state index contributed by atoms with van der Waals surface area (Å²) in [5.41, 5.74) is 8.87. The summed E-state index contributed by atoms with van der Waals surface area (Å²) < 4.78 is 0. The molecule has 1 aromatic carbocycles. The normalized spacial score (nSPS) is 11.9. The van der Waals surface area contributed by atoms with Gasteiger partial charge in [-0.2, -0.15) is 0 Å². The number of aromatic nitrogens is 3. The van der Waals surface area contributed by atoms with Crippen molar-refractivity contribution in [1.82, 2.24) is 15.0 Å². The molecular formula is C16H18N4. The number of benzene rings is 1. The fourth-order valence-corrected chi connectivity index (χ4v) is 2.33. The zero-order chi connectivity index (χ0) is 14.2. The van der Waals surface area contributed by atoms with E-state index in [4.69, 9.17) is 5.73 Å². The summed E-state index contributed by atoms with van der Waals surface area (Å²) in [6, 6.07) is 10.1. The molecule has 0 saturated heterocycles. The van der Waals surface area contributed by atoms with Crippen molar-refractivity contribution in [2.45, 2.75) is 25.8 Å². The van der Waals surface area contributed by atoms with Crippen LogP contribution < -0.4 is 5.73 Å². The molecule has 0 fully saturated rings. The van der Waals surface area contributed by atoms with Gasteiger partial charge in [0, 0.05) is 40.8 Å². The Hall–Kier alpha value is -2.20. The maximum absolute atomic E-state index is 6.04. The Balaban J connectivity index is 2.04. The van der Waals surface area contributed by atoms with Gasteiger partial charge in [-0.05, 0) is 26.0 Å². The fraction of sp³-hybridized carbons (Fsp3) is 0.250. The van der Waals surface area contributed by atoms with Crippen LogP contribution in [0.4, 0.5) is 0 Å². The molecule has 3 N–H and O–H groups in total. The lowest BCUT2D eigenvalue weighted by Crippen LogP contribution is -2.35. The first-order valence-corrected chi connectivity index (χ1v) is 6.70. The maximum Gasteiger partial charge on any atom is 0.130 e. The number of para-hydroxylation sites is 1. The number of H-pyrrole nitrogens is 1. The highest BCUT2D eigenvalue weighted by Crippen LogP contribution is 2.26. The largest absolute Gasteiger partial charge is 0.360 e. The van der Waals surface area contributed by atoms with Crippen LogP contribution in [0.5, 0.6) is 0 Å². The molecule has 2 aromatic heterocycles. The van der Waals surface area contributed by atoms with Gasteiger partial charge in [-0.1, -0.05) is 18.2 Å². The number of nitrogens with one attached hydrogen (secondary N) is 1. The standard InChI is InChI=1S/C16H18N4/c1-16(2,17)9-15-18-8-7-14(20-15)12-10-19-13-6-4-3-5-11(12)13/h3-8,10,19H,9,17H2,1-2H3. The molecule has 0 aliphatic rings. The van der Waals surface area contributed by atoms with E-state index in [1.54, 1.807) is 6.20 Å². The Kier molecular flexibility index (Phi) is 3.03. The number of nitrogens with two attached hydrogens (primary N) is 1. The van der Waals surface area contributed by atoms with Gasteiger partial charge in [-0.3, -0.25) is 0 Å². The highest BCUT2D eigenvalue weighted by atomic mass is 14.9. The molecule has 102 valence electrons. The third kappa shape index (κ3) is 2.56. The van der Waals surface area contributed by atoms with E-state index in [0.717, 1.165) is 22.6 Å². The second-order valence-electron chi connectivity index (χ2n) is 5.77. The summed E-state index contributed by atoms with van der Waals surface area (Å²) in [5.74, 6) is 0.778. The number of hydrogen-bond donors (Lipinski definition) is 2. The first kappa shape index (κ1) is 12.8. The van der Waals surface area contributed by atoms with Crippen LogP contribution >= 0.6 is 0 Å². The number of rotatable bonds is 3. The molecule has 0 amide bonds. The Labute approximate surface area is 118 Å². The molecule has 0 atom stereocenters. The van der Waals surface area contributed by atoms with Crippen LogP contribution in [0, 0.1) is 0 Å². The quantitative estimate of drug-likeness (QED) is 0.766. The van der Waals surface area contributed by atoms with Gasteiger partial charge in [0.25, 0.3) is 0 Å². The minimum absolute atomic E-state index is 0.307. The van der Waals surface area contributed by atoms with Crippen molar-refractivity contribution in [2.75, 3.05) is 0 Å². The van der Waals surface area contributed by atoms with Crippen LogP contribution in [-0.2, 0) is 6.42 Å². The lowest BCUT2D eigenvalue weighted by molar-refractivity contribution is 0.502. The van der Waals surface area contributed by atoms with Gasteiger partial charge in [-0.15, -0.1) is 0 Å². The zero-order valence-electron chi connectivity index (χ0n) is 11.7. The summed E-state index contributed by atoms with van der Waals surface area (Å²) in [6.07, 6.45) is 4.44. The maximum atomic E-state index is 6.04. The Morgan fingerprint density at radius 3 is 2.80 bits per heavy atom. The summed E-state index contributed by atoms with van der Waals surface area (Å²) in [5, 5.41) is 1.17. The molecule has 0 spiro atoms. The molecule has 3 rings (SSSR count). The SMILES string of the molecule is CC(C)(N)Cc1nccc(-c2c[nH]c3ccccc23)n1. The van der Waals surface area contributed by atoms with E-state index in [1.807, 2.05) is 38.2 Å². The van der Waals surface area contributed by atoms with Crippen molar-refractivity contribution in [3.63, 3.8) is 0 Å². The van der Waals surface area contributed by atoms with Crippen molar-refractivity contribution in [3.8, 4) is 11.3 Å². The summed E-state index contributed by atoms with van der Waals surface area (Å²) >= 11 is 0. The van der Waals surface area contributed by atoms with Gasteiger partial charge in [0.15, 0.2) is 0 Å². The number of hydrogen-bond acceptors (Lipinski definition) is 3. The van der Waals surface area contributed by atoms with Crippen LogP contribution in [0.3, 0.4) is 0 Å². The topological polar surface area (TPSA) is 67.6 Å². The number of aromatic amines is 1. The first-order chi connectivity index (χ1) is 9.53. The van der Waals surface area contributed by atoms with E-state index in [1.165, 1.54) is 5.39 Å². The Morgan fingerprint density at radius 2 is 2.00 bits per heavy atom. The van der Waals surface area contributed by atoms with Gasteiger partial charge < -0.3 is 10.7 Å². The number of fused-ring (bicyclic) bond motifs is 1. The molecule has 4 nitrogen and oxygen atoms in total. The smallest absolute Gasteiger partial charge is 0.130 e. The number of nitrogens with zero attached hydrogens (tertiary/aromatic N) is 2. The molecule has 0 aliphatic carbocycles. The molecular weight excluding hydrogens is 248 g/mol. The van der Waals surface area contributed by atoms with Crippen molar-refractivity contribution in [2.24, 2.45) is 5.73 Å². The molecule has 20 heavy (non-hydrogen) atoms. The molecule has 4 heteroatoms. The second kappa shape index (κ2) is 4.72. The van der Waals surface area contributed by atoms with E-state index in [9.17, 15) is 0 Å². The molecule has 0 saturated carbocycles. The highest BCUT2D eigenvalue weighted by Gasteiger charge is 2.15. The first-order valence-electron chi connectivity index (χ1n) is 6.70. The van der Waals surface area contributed by atoms with Gasteiger partial charge in [-0.25, -0.2) is 9.97 Å². The van der Waals surface area contributed by atoms with Gasteiger partial charge in [0.05, 0.1) is 5.69 Å². The van der Waals surface area contributed by atoms with Crippen molar-refractivity contribution >= 4 is 10.9 Å². The minimum atomic E-state index is -0.307. The van der Waals surface area contributed by atoms with Gasteiger partial charge in [0.1, 0.15) is 5.82 Å². The molecule has 0 aliphatic heterocycles. The van der Waals surface area contributed by atoms with Crippen LogP contribution in [0.25, 0.3) is 22.2 Å². The molecule has 0 radical (unpaired) electrons. The van der Waals surface area contributed by atoms with Crippen molar-refractivity contribution < 1.29 is 0 Å². The molecule has 2 heterocycles. The predicted molar refractivity (Wildman–Crippen MR) is 81.3 cm³/mol. The van der Waals surface area contributed by atoms with Gasteiger partial charge >= 0.3 is 0 Å². The summed E-state index contributed by atoms with van der Waals surface area (Å²) in [7, 11) is 0. The zero-order valence-corrected chi connectivity index (χ0v) is 11.7. The summed E-state index contributed by atoms with van der Waals surface area (Å²) in [4.78, 5) is 12.2.